The van der Waals surface area contributed by atoms with Crippen LogP contribution in [0.1, 0.15) is 259 Å². The Bertz CT molecular complexity index is 3540. The van der Waals surface area contributed by atoms with E-state index in [1.807, 2.05) is 0 Å². The summed E-state index contributed by atoms with van der Waals surface area (Å²) in [5, 5.41) is 74.3. The highest BCUT2D eigenvalue weighted by Crippen LogP contribution is 2.21. The van der Waals surface area contributed by atoms with E-state index in [-0.39, 0.29) is 164 Å². The Kier molecular flexibility index (Phi) is 58.2. The molecule has 126 heavy (non-hydrogen) atoms. The number of nitrogens with one attached hydrogen (secondary N) is 12. The van der Waals surface area contributed by atoms with Crippen LogP contribution in [0.2, 0.25) is 0 Å². The number of carboxylic acid groups (broad SMARTS) is 1. The molecule has 14 atom stereocenters. The molecule has 12 amide bonds. The summed E-state index contributed by atoms with van der Waals surface area (Å²) >= 11 is 1.26. The lowest BCUT2D eigenvalue weighted by molar-refractivity contribution is -0.142. The monoisotopic (exact) mass is 1800 g/mol. The molecule has 1 aliphatic rings. The van der Waals surface area contributed by atoms with Crippen LogP contribution in [0.3, 0.4) is 0 Å². The smallest absolute Gasteiger partial charge is 0.305 e. The maximum absolute atomic E-state index is 15.2. The molecule has 1 aromatic rings. The van der Waals surface area contributed by atoms with E-state index in [4.69, 9.17) is 40.1 Å². The summed E-state index contributed by atoms with van der Waals surface area (Å²) in [4.78, 5) is 214. The molecule has 0 spiro atoms. The number of hydrogen-bond donors (Lipinski definition) is 23. The van der Waals surface area contributed by atoms with E-state index < -0.39 is 187 Å². The first-order valence-corrected chi connectivity index (χ1v) is 46.6. The van der Waals surface area contributed by atoms with Gasteiger partial charge in [0.25, 0.3) is 0 Å². The number of phenolic OH excluding ortho intramolecular Hbond substituents is 1. The number of ketones is 1. The van der Waals surface area contributed by atoms with E-state index in [1.54, 1.807) is 34.0 Å². The standard InChI is InChI=1S/C86H153N21O18S/c1-8-9-10-11-12-13-14-15-16-17-18-19-20-21-30-59-74(115)96-60(31-22-25-41-87)75(116)97-61(32-23-26-42-88)76(117)102-66(48-54(4)5)81(122)100-64(35-29-45-95-86(92)93)79(120)106-69(52-108)70(111)50-57(40-46-126-7)73(114)107-72(55(6)109)84(125)105-68(51-71(112)113)83(124)99-62(33-24-27-43-89)77(118)104-67(49-56-36-38-58(110)39-37-56)82(123)101-63(34-28-44-94-85(90)91)78(119)103-65(47-53(2)3)80(121)98-59/h36-39,53-55,57,59-69,72,108-110H,8-35,40-52,87-89H2,1-7H3,(H,96,115)(H,97,116)(H,98,121)(H,99,124)(H,100,122)(H,101,123)(H,102,117)(H,103,119)(H,104,118)(H,105,125)(H,106,120)(H,107,114)(H,112,113)(H4,90,91,94)(H4,92,93,95)/t55-,57-,59?,60+,61+,62+,63+,64+,65+,66+,67+,68+,69+,72+/m1/s1. The molecule has 1 aromatic carbocycles. The number of aliphatic imine (C=N–C) groups is 2. The SMILES string of the molecule is CCCCCCCCCCCCCCCCC1NC(=O)[C@H](CC(C)C)NC(=O)[C@H](CCCN=C(N)N)NC(=O)[C@H](Cc2ccc(O)cc2)NC(=O)[C@H](CCCCN)NC(=O)[C@H](CC(=O)O)NC(=O)[C@H]([C@@H](C)O)NC(=O)[C@H](CCSC)CC(=O)[C@H](CO)NC(=O)[C@H](CCCN=C(N)N)NC(=O)[C@H](CC(C)C)NC(=O)[C@H](CCCCN)NC(=O)[C@H](CCCCN)NC1=O. The van der Waals surface area contributed by atoms with Crippen molar-refractivity contribution in [1.82, 2.24) is 63.8 Å². The number of aromatic hydroxyl groups is 1. The number of aliphatic carboxylic acids is 1. The molecule has 0 aromatic heterocycles. The van der Waals surface area contributed by atoms with Crippen LogP contribution in [0.4, 0.5) is 0 Å². The largest absolute Gasteiger partial charge is 0.508 e. The highest BCUT2D eigenvalue weighted by Gasteiger charge is 2.40. The van der Waals surface area contributed by atoms with Gasteiger partial charge in [0.15, 0.2) is 17.7 Å². The molecule has 1 heterocycles. The molecule has 1 unspecified atom stereocenters. The number of Topliss-reactive ketones (excluding diaryl/α,β-unsaturated/α-hetero) is 1. The first-order chi connectivity index (χ1) is 60.0. The van der Waals surface area contributed by atoms with E-state index in [0.29, 0.717) is 37.7 Å². The number of benzene rings is 1. The van der Waals surface area contributed by atoms with Gasteiger partial charge in [0.05, 0.1) is 19.1 Å². The van der Waals surface area contributed by atoms with Crippen molar-refractivity contribution in [3.63, 3.8) is 0 Å². The number of carbonyl (C=O) groups is 14. The van der Waals surface area contributed by atoms with Crippen molar-refractivity contribution in [3.8, 4) is 5.75 Å². The van der Waals surface area contributed by atoms with Crippen LogP contribution in [0.15, 0.2) is 34.3 Å². The van der Waals surface area contributed by atoms with Crippen molar-refractivity contribution in [2.75, 3.05) is 51.3 Å². The van der Waals surface area contributed by atoms with Crippen molar-refractivity contribution < 1.29 is 87.5 Å². The summed E-state index contributed by atoms with van der Waals surface area (Å²) in [6, 6.07) is -13.6. The lowest BCUT2D eigenvalue weighted by atomic mass is 9.94. The Balaban J connectivity index is 3.15. The normalized spacial score (nSPS) is 23.0. The van der Waals surface area contributed by atoms with Crippen LogP contribution in [0, 0.1) is 17.8 Å². The molecular weight excluding hydrogens is 1650 g/mol. The molecular formula is C86H153N21O18S. The van der Waals surface area contributed by atoms with Gasteiger partial charge in [-0.2, -0.15) is 11.8 Å². The minimum Gasteiger partial charge on any atom is -0.508 e. The molecule has 30 N–H and O–H groups in total. The van der Waals surface area contributed by atoms with E-state index in [9.17, 15) is 63.6 Å². The van der Waals surface area contributed by atoms with Gasteiger partial charge in [0.2, 0.25) is 70.9 Å². The quantitative estimate of drug-likeness (QED) is 0.0238. The molecule has 1 fully saturated rings. The lowest BCUT2D eigenvalue weighted by Gasteiger charge is -2.29. The third-order valence-corrected chi connectivity index (χ3v) is 22.2. The maximum atomic E-state index is 15.2. The topological polar surface area (TPSA) is 671 Å². The molecule has 1 aliphatic heterocycles. The van der Waals surface area contributed by atoms with Gasteiger partial charge in [-0.1, -0.05) is 137 Å². The van der Waals surface area contributed by atoms with Gasteiger partial charge in [0.1, 0.15) is 78.3 Å². The number of amides is 12. The molecule has 1 saturated heterocycles. The Labute approximate surface area is 747 Å². The van der Waals surface area contributed by atoms with Crippen molar-refractivity contribution in [1.29, 1.82) is 0 Å². The van der Waals surface area contributed by atoms with Gasteiger partial charge in [0, 0.05) is 31.8 Å². The fourth-order valence-electron chi connectivity index (χ4n) is 14.4. The van der Waals surface area contributed by atoms with Gasteiger partial charge >= 0.3 is 5.97 Å². The number of rotatable bonds is 48. The summed E-state index contributed by atoms with van der Waals surface area (Å²) in [5.41, 5.74) is 40.8. The molecule has 40 heteroatoms. The second-order valence-electron chi connectivity index (χ2n) is 33.6. The highest BCUT2D eigenvalue weighted by molar-refractivity contribution is 7.98. The molecule has 0 bridgehead atoms. The summed E-state index contributed by atoms with van der Waals surface area (Å²) in [5.74, 6) is -16.8. The van der Waals surface area contributed by atoms with E-state index in [2.05, 4.69) is 80.7 Å². The van der Waals surface area contributed by atoms with Crippen LogP contribution >= 0.6 is 11.8 Å². The summed E-state index contributed by atoms with van der Waals surface area (Å²) < 4.78 is 0. The van der Waals surface area contributed by atoms with E-state index in [0.717, 1.165) is 45.4 Å². The minimum atomic E-state index is -2.06. The molecule has 0 radical (unpaired) electrons. The minimum absolute atomic E-state index is 0.0137. The fourth-order valence-corrected chi connectivity index (χ4v) is 14.9. The Hall–Kier alpha value is -9.51. The van der Waals surface area contributed by atoms with Crippen LogP contribution in [0.25, 0.3) is 0 Å². The van der Waals surface area contributed by atoms with Gasteiger partial charge in [-0.25, -0.2) is 0 Å². The van der Waals surface area contributed by atoms with E-state index >= 15 is 24.0 Å². The van der Waals surface area contributed by atoms with Gasteiger partial charge in [-0.05, 0) is 177 Å². The van der Waals surface area contributed by atoms with Gasteiger partial charge in [-0.3, -0.25) is 77.1 Å². The van der Waals surface area contributed by atoms with Crippen LogP contribution < -0.4 is 104 Å². The Morgan fingerprint density at radius 2 is 0.714 bits per heavy atom. The molecule has 39 nitrogen and oxygen atoms in total. The lowest BCUT2D eigenvalue weighted by Crippen LogP contribution is -2.61. The number of aliphatic hydroxyl groups excluding tert-OH is 2. The number of carboxylic acids is 1. The Morgan fingerprint density at radius 1 is 0.405 bits per heavy atom. The van der Waals surface area contributed by atoms with Crippen molar-refractivity contribution in [2.24, 2.45) is 67.9 Å². The zero-order valence-corrected chi connectivity index (χ0v) is 76.2. The average Bonchev–Trinajstić information content (AvgIpc) is 0.842. The summed E-state index contributed by atoms with van der Waals surface area (Å²) in [6.07, 6.45) is 13.2. The van der Waals surface area contributed by atoms with Crippen LogP contribution in [-0.4, -0.2) is 245 Å². The predicted molar refractivity (Wildman–Crippen MR) is 484 cm³/mol. The van der Waals surface area contributed by atoms with E-state index in [1.165, 1.54) is 74.6 Å². The zero-order chi connectivity index (χ0) is 94.1. The van der Waals surface area contributed by atoms with Crippen molar-refractivity contribution in [3.05, 3.63) is 29.8 Å². The molecule has 2 rings (SSSR count). The number of guanidine groups is 2. The first-order valence-electron chi connectivity index (χ1n) is 45.2. The fraction of sp³-hybridized carbons (Fsp3) is 0.744. The number of nitrogens with two attached hydrogens (primary N) is 7. The molecule has 0 aliphatic carbocycles. The number of aliphatic hydroxyl groups is 2. The number of phenols is 1. The number of thioether (sulfide) groups is 1. The Morgan fingerprint density at radius 3 is 1.05 bits per heavy atom. The zero-order valence-electron chi connectivity index (χ0n) is 75.4. The second-order valence-corrected chi connectivity index (χ2v) is 34.6. The van der Waals surface area contributed by atoms with Crippen LogP contribution in [-0.2, 0) is 73.5 Å². The second kappa shape index (κ2) is 65.1. The summed E-state index contributed by atoms with van der Waals surface area (Å²) in [7, 11) is 0. The van der Waals surface area contributed by atoms with Crippen LogP contribution in [0.5, 0.6) is 5.75 Å². The highest BCUT2D eigenvalue weighted by atomic mass is 32.2. The van der Waals surface area contributed by atoms with Gasteiger partial charge < -0.3 is 124 Å². The predicted octanol–water partition coefficient (Wildman–Crippen LogP) is 0.400. The third-order valence-electron chi connectivity index (χ3n) is 21.5. The van der Waals surface area contributed by atoms with Gasteiger partial charge in [-0.15, -0.1) is 0 Å². The van der Waals surface area contributed by atoms with Crippen molar-refractivity contribution >= 4 is 106 Å². The van der Waals surface area contributed by atoms with Crippen molar-refractivity contribution in [2.45, 2.75) is 338 Å². The molecule has 716 valence electrons. The number of hydrogen-bond acceptors (Lipinski definition) is 23. The average molecular weight is 1800 g/mol. The number of carbonyl (C=O) groups excluding carboxylic acids is 13. The first kappa shape index (κ1) is 113. The third kappa shape index (κ3) is 47.9. The molecule has 0 saturated carbocycles. The summed E-state index contributed by atoms with van der Waals surface area (Å²) in [6.45, 7) is 9.73. The number of unbranched alkanes of at least 4 members (excludes halogenated alkanes) is 16. The number of nitrogens with zero attached hydrogens (tertiary/aromatic N) is 2. The maximum Gasteiger partial charge on any atom is 0.305 e.